The number of ether oxygens (including phenoxy) is 1. The summed E-state index contributed by atoms with van der Waals surface area (Å²) in [5, 5.41) is 1.62. The van der Waals surface area contributed by atoms with Crippen LogP contribution in [0.4, 0.5) is 3.89 Å². The lowest BCUT2D eigenvalue weighted by Crippen LogP contribution is -2.58. The van der Waals surface area contributed by atoms with Crippen LogP contribution < -0.4 is 10.1 Å². The third kappa shape index (κ3) is 1.80. The molecule has 0 radical (unpaired) electrons. The van der Waals surface area contributed by atoms with Gasteiger partial charge in [-0.3, -0.25) is 4.79 Å². The van der Waals surface area contributed by atoms with E-state index in [9.17, 15) is 17.1 Å². The summed E-state index contributed by atoms with van der Waals surface area (Å²) in [5.41, 5.74) is 0.931. The van der Waals surface area contributed by atoms with E-state index in [0.717, 1.165) is 0 Å². The number of hydrogen-bond donors (Lipinski definition) is 1. The summed E-state index contributed by atoms with van der Waals surface area (Å²) in [7, 11) is -3.13. The van der Waals surface area contributed by atoms with Crippen molar-refractivity contribution in [2.75, 3.05) is 7.11 Å². The van der Waals surface area contributed by atoms with Crippen LogP contribution in [0.15, 0.2) is 18.2 Å². The zero-order chi connectivity index (χ0) is 13.8. The Morgan fingerprint density at radius 2 is 2.16 bits per heavy atom. The van der Waals surface area contributed by atoms with Crippen LogP contribution in [-0.2, 0) is 10.2 Å². The van der Waals surface area contributed by atoms with Gasteiger partial charge < -0.3 is 10.1 Å². The van der Waals surface area contributed by atoms with Gasteiger partial charge in [0, 0.05) is 17.5 Å². The standard InChI is InChI=1S/C12H12FNO4S/c1-18-6-2-3-7-8(4-6)11-9(14-12(7)15)5-10(11)19(13,16)17/h2-4,9-11H,5H2,1H3,(H,14,15)/t9-,10-,11-/m1/s1. The van der Waals surface area contributed by atoms with Crippen LogP contribution in [0.5, 0.6) is 5.75 Å². The molecule has 2 aliphatic rings. The van der Waals surface area contributed by atoms with Crippen molar-refractivity contribution in [1.29, 1.82) is 0 Å². The first-order valence-corrected chi connectivity index (χ1v) is 7.29. The average molecular weight is 285 g/mol. The molecular weight excluding hydrogens is 273 g/mol. The molecule has 19 heavy (non-hydrogen) atoms. The lowest BCUT2D eigenvalue weighted by molar-refractivity contribution is 0.0878. The van der Waals surface area contributed by atoms with Crippen LogP contribution in [0.25, 0.3) is 0 Å². The molecule has 1 aromatic carbocycles. The zero-order valence-electron chi connectivity index (χ0n) is 10.1. The summed E-state index contributed by atoms with van der Waals surface area (Å²) >= 11 is 0. The van der Waals surface area contributed by atoms with E-state index >= 15 is 0 Å². The summed E-state index contributed by atoms with van der Waals surface area (Å²) in [6.07, 6.45) is 0.117. The van der Waals surface area contributed by atoms with Crippen molar-refractivity contribution in [2.24, 2.45) is 0 Å². The van der Waals surface area contributed by atoms with E-state index in [1.807, 2.05) is 0 Å². The van der Waals surface area contributed by atoms with E-state index < -0.39 is 21.4 Å². The minimum absolute atomic E-state index is 0.117. The predicted molar refractivity (Wildman–Crippen MR) is 65.4 cm³/mol. The highest BCUT2D eigenvalue weighted by Crippen LogP contribution is 2.46. The van der Waals surface area contributed by atoms with E-state index in [2.05, 4.69) is 5.32 Å². The number of halogens is 1. The normalized spacial score (nSPS) is 28.7. The molecule has 3 atom stereocenters. The first-order chi connectivity index (χ1) is 8.91. The van der Waals surface area contributed by atoms with Crippen molar-refractivity contribution >= 4 is 16.1 Å². The molecule has 102 valence electrons. The average Bonchev–Trinajstić information content (AvgIpc) is 2.30. The lowest BCUT2D eigenvalue weighted by atomic mass is 9.70. The molecule has 1 saturated carbocycles. The van der Waals surface area contributed by atoms with Gasteiger partial charge in [0.2, 0.25) is 0 Å². The van der Waals surface area contributed by atoms with E-state index in [1.54, 1.807) is 18.2 Å². The molecule has 3 rings (SSSR count). The molecule has 1 aliphatic heterocycles. The summed E-state index contributed by atoms with van der Waals surface area (Å²) in [5.74, 6) is -0.263. The number of benzene rings is 1. The van der Waals surface area contributed by atoms with Crippen molar-refractivity contribution in [3.8, 4) is 5.75 Å². The Kier molecular flexibility index (Phi) is 2.57. The first-order valence-electron chi connectivity index (χ1n) is 5.84. The molecule has 7 heteroatoms. The fraction of sp³-hybridized carbons (Fsp3) is 0.417. The SMILES string of the molecule is COc1ccc2c(c1)[C@H]1[C@H](S(=O)(=O)F)C[C@H]1NC2=O. The van der Waals surface area contributed by atoms with Crippen LogP contribution in [0, 0.1) is 0 Å². The summed E-state index contributed by atoms with van der Waals surface area (Å²) in [4.78, 5) is 11.8. The maximum absolute atomic E-state index is 13.2. The Morgan fingerprint density at radius 3 is 2.79 bits per heavy atom. The van der Waals surface area contributed by atoms with E-state index in [4.69, 9.17) is 4.74 Å². The second-order valence-corrected chi connectivity index (χ2v) is 6.37. The molecule has 0 aromatic heterocycles. The third-order valence-electron chi connectivity index (χ3n) is 3.86. The topological polar surface area (TPSA) is 72.5 Å². The van der Waals surface area contributed by atoms with Gasteiger partial charge in [0.1, 0.15) is 11.0 Å². The van der Waals surface area contributed by atoms with Crippen molar-refractivity contribution in [3.63, 3.8) is 0 Å². The molecule has 1 N–H and O–H groups in total. The summed E-state index contributed by atoms with van der Waals surface area (Å²) in [6.45, 7) is 0. The largest absolute Gasteiger partial charge is 0.497 e. The minimum atomic E-state index is -4.61. The van der Waals surface area contributed by atoms with Crippen LogP contribution in [-0.4, -0.2) is 32.7 Å². The smallest absolute Gasteiger partial charge is 0.306 e. The Balaban J connectivity index is 2.10. The molecule has 1 fully saturated rings. The van der Waals surface area contributed by atoms with E-state index in [1.165, 1.54) is 7.11 Å². The Hall–Kier alpha value is -1.63. The van der Waals surface area contributed by atoms with Gasteiger partial charge >= 0.3 is 10.2 Å². The maximum atomic E-state index is 13.2. The molecule has 1 heterocycles. The van der Waals surface area contributed by atoms with E-state index in [-0.39, 0.29) is 18.4 Å². The van der Waals surface area contributed by atoms with Gasteiger partial charge in [-0.15, -0.1) is 3.89 Å². The van der Waals surface area contributed by atoms with Crippen LogP contribution in [0.1, 0.15) is 28.3 Å². The second kappa shape index (κ2) is 3.93. The highest BCUT2D eigenvalue weighted by molar-refractivity contribution is 7.87. The van der Waals surface area contributed by atoms with Gasteiger partial charge in [-0.05, 0) is 30.2 Å². The Morgan fingerprint density at radius 1 is 1.42 bits per heavy atom. The predicted octanol–water partition coefficient (Wildman–Crippen LogP) is 0.962. The van der Waals surface area contributed by atoms with Crippen molar-refractivity contribution in [1.82, 2.24) is 5.32 Å². The monoisotopic (exact) mass is 285 g/mol. The fourth-order valence-electron chi connectivity index (χ4n) is 2.86. The van der Waals surface area contributed by atoms with Crippen LogP contribution >= 0.6 is 0 Å². The van der Waals surface area contributed by atoms with Crippen LogP contribution in [0.2, 0.25) is 0 Å². The second-order valence-electron chi connectivity index (χ2n) is 4.81. The number of hydrogen-bond acceptors (Lipinski definition) is 4. The third-order valence-corrected chi connectivity index (χ3v) is 5.07. The lowest BCUT2D eigenvalue weighted by Gasteiger charge is -2.46. The van der Waals surface area contributed by atoms with Gasteiger partial charge in [-0.25, -0.2) is 0 Å². The fourth-order valence-corrected chi connectivity index (χ4v) is 3.98. The maximum Gasteiger partial charge on any atom is 0.306 e. The molecule has 1 aliphatic carbocycles. The van der Waals surface area contributed by atoms with Gasteiger partial charge in [0.05, 0.1) is 7.11 Å². The van der Waals surface area contributed by atoms with Gasteiger partial charge in [-0.2, -0.15) is 8.42 Å². The molecule has 0 unspecified atom stereocenters. The Bertz CT molecular complexity index is 658. The quantitative estimate of drug-likeness (QED) is 0.822. The Labute approximate surface area is 110 Å². The number of methoxy groups -OCH3 is 1. The van der Waals surface area contributed by atoms with Crippen molar-refractivity contribution in [2.45, 2.75) is 23.6 Å². The van der Waals surface area contributed by atoms with Gasteiger partial charge in [0.15, 0.2) is 0 Å². The highest BCUT2D eigenvalue weighted by Gasteiger charge is 2.53. The zero-order valence-corrected chi connectivity index (χ0v) is 10.9. The molecule has 0 bridgehead atoms. The molecule has 5 nitrogen and oxygen atoms in total. The van der Waals surface area contributed by atoms with Gasteiger partial charge in [-0.1, -0.05) is 0 Å². The van der Waals surface area contributed by atoms with E-state index in [0.29, 0.717) is 16.9 Å². The highest BCUT2D eigenvalue weighted by atomic mass is 32.3. The van der Waals surface area contributed by atoms with Crippen molar-refractivity contribution in [3.05, 3.63) is 29.3 Å². The molecular formula is C12H12FNO4S. The summed E-state index contributed by atoms with van der Waals surface area (Å²) < 4.78 is 40.5. The summed E-state index contributed by atoms with van der Waals surface area (Å²) in [6, 6.07) is 4.49. The number of fused-ring (bicyclic) bond motifs is 3. The number of nitrogens with one attached hydrogen (secondary N) is 1. The molecule has 1 aromatic rings. The minimum Gasteiger partial charge on any atom is -0.497 e. The first kappa shape index (κ1) is 12.4. The number of carbonyl (C=O) groups is 1. The number of amides is 1. The van der Waals surface area contributed by atoms with Crippen molar-refractivity contribution < 1.29 is 21.8 Å². The molecule has 0 saturated heterocycles. The number of rotatable bonds is 2. The van der Waals surface area contributed by atoms with Gasteiger partial charge in [0.25, 0.3) is 5.91 Å². The van der Waals surface area contributed by atoms with Crippen LogP contribution in [0.3, 0.4) is 0 Å². The molecule has 0 spiro atoms. The molecule has 1 amide bonds. The number of carbonyl (C=O) groups excluding carboxylic acids is 1.